The third-order valence-electron chi connectivity index (χ3n) is 4.21. The highest BCUT2D eigenvalue weighted by Gasteiger charge is 2.14. The molecule has 0 saturated carbocycles. The quantitative estimate of drug-likeness (QED) is 0.664. The number of hydrogen-bond acceptors (Lipinski definition) is 2. The number of halogens is 2. The maximum absolute atomic E-state index is 13.2. The summed E-state index contributed by atoms with van der Waals surface area (Å²) in [5, 5.41) is 5.97. The highest BCUT2D eigenvalue weighted by atomic mass is 19.1. The molecule has 140 valence electrons. The zero-order valence-corrected chi connectivity index (χ0v) is 15.3. The van der Waals surface area contributed by atoms with Crippen molar-refractivity contribution in [1.29, 1.82) is 0 Å². The Labute approximate surface area is 153 Å². The monoisotopic (exact) mass is 360 g/mol. The van der Waals surface area contributed by atoms with Crippen LogP contribution >= 0.6 is 0 Å². The minimum atomic E-state index is -0.281. The van der Waals surface area contributed by atoms with Crippen molar-refractivity contribution in [3.8, 4) is 0 Å². The van der Waals surface area contributed by atoms with Gasteiger partial charge in [-0.25, -0.2) is 8.78 Å². The van der Waals surface area contributed by atoms with Crippen LogP contribution in [0.25, 0.3) is 0 Å². The average Bonchev–Trinajstić information content (AvgIpc) is 2.62. The van der Waals surface area contributed by atoms with Gasteiger partial charge in [0.15, 0.2) is 0 Å². The Morgan fingerprint density at radius 3 is 1.88 bits per heavy atom. The van der Waals surface area contributed by atoms with Gasteiger partial charge in [-0.2, -0.15) is 0 Å². The normalized spacial score (nSPS) is 11.2. The predicted octanol–water partition coefficient (Wildman–Crippen LogP) is 3.99. The standard InChI is InChI=1S/C21H26F2N2O/c1-15(2)25-14-21(26)24-13-3-4-20(16-5-9-18(22)10-6-16)17-7-11-19(23)12-8-17/h5-12,15,20,25H,3-4,13-14H2,1-2H3,(H,24,26). The van der Waals surface area contributed by atoms with E-state index in [1.165, 1.54) is 24.3 Å². The zero-order chi connectivity index (χ0) is 18.9. The highest BCUT2D eigenvalue weighted by molar-refractivity contribution is 5.77. The largest absolute Gasteiger partial charge is 0.355 e. The fourth-order valence-corrected chi connectivity index (χ4v) is 2.81. The maximum atomic E-state index is 13.2. The van der Waals surface area contributed by atoms with Gasteiger partial charge < -0.3 is 10.6 Å². The molecule has 0 aliphatic heterocycles. The molecule has 0 heterocycles. The molecular weight excluding hydrogens is 334 g/mol. The molecule has 0 saturated heterocycles. The highest BCUT2D eigenvalue weighted by Crippen LogP contribution is 2.29. The minimum absolute atomic E-state index is 0.0289. The number of amides is 1. The summed E-state index contributed by atoms with van der Waals surface area (Å²) in [4.78, 5) is 11.8. The lowest BCUT2D eigenvalue weighted by atomic mass is 9.87. The summed E-state index contributed by atoms with van der Waals surface area (Å²) < 4.78 is 26.5. The molecule has 0 radical (unpaired) electrons. The lowest BCUT2D eigenvalue weighted by molar-refractivity contribution is -0.120. The molecule has 2 rings (SSSR count). The molecular formula is C21H26F2N2O. The number of hydrogen-bond donors (Lipinski definition) is 2. The molecule has 0 spiro atoms. The van der Waals surface area contributed by atoms with E-state index in [-0.39, 0.29) is 29.5 Å². The van der Waals surface area contributed by atoms with Crippen LogP contribution in [0.15, 0.2) is 48.5 Å². The van der Waals surface area contributed by atoms with Crippen LogP contribution in [0.4, 0.5) is 8.78 Å². The van der Waals surface area contributed by atoms with E-state index in [1.807, 2.05) is 13.8 Å². The summed E-state index contributed by atoms with van der Waals surface area (Å²) in [6, 6.07) is 13.0. The lowest BCUT2D eigenvalue weighted by Crippen LogP contribution is -2.37. The summed E-state index contributed by atoms with van der Waals surface area (Å²) in [6.45, 7) is 4.85. The van der Waals surface area contributed by atoms with Gasteiger partial charge in [0.25, 0.3) is 0 Å². The summed E-state index contributed by atoms with van der Waals surface area (Å²) >= 11 is 0. The minimum Gasteiger partial charge on any atom is -0.355 e. The fourth-order valence-electron chi connectivity index (χ4n) is 2.81. The molecule has 0 unspecified atom stereocenters. The Balaban J connectivity index is 1.95. The molecule has 2 aromatic rings. The number of benzene rings is 2. The van der Waals surface area contributed by atoms with E-state index >= 15 is 0 Å². The summed E-state index contributed by atoms with van der Waals surface area (Å²) in [5.74, 6) is -0.561. The SMILES string of the molecule is CC(C)NCC(=O)NCCCC(c1ccc(F)cc1)c1ccc(F)cc1. The van der Waals surface area contributed by atoms with Crippen molar-refractivity contribution in [2.24, 2.45) is 0 Å². The first-order chi connectivity index (χ1) is 12.5. The van der Waals surface area contributed by atoms with Crippen molar-refractivity contribution in [1.82, 2.24) is 10.6 Å². The van der Waals surface area contributed by atoms with E-state index < -0.39 is 0 Å². The molecule has 2 N–H and O–H groups in total. The van der Waals surface area contributed by atoms with E-state index in [2.05, 4.69) is 10.6 Å². The van der Waals surface area contributed by atoms with Gasteiger partial charge in [-0.05, 0) is 48.2 Å². The van der Waals surface area contributed by atoms with Crippen molar-refractivity contribution < 1.29 is 13.6 Å². The molecule has 3 nitrogen and oxygen atoms in total. The topological polar surface area (TPSA) is 41.1 Å². The Morgan fingerprint density at radius 2 is 1.42 bits per heavy atom. The van der Waals surface area contributed by atoms with Crippen molar-refractivity contribution >= 4 is 5.91 Å². The van der Waals surface area contributed by atoms with Crippen LogP contribution in [0, 0.1) is 11.6 Å². The smallest absolute Gasteiger partial charge is 0.233 e. The molecule has 0 aromatic heterocycles. The average molecular weight is 360 g/mol. The maximum Gasteiger partial charge on any atom is 0.233 e. The summed E-state index contributed by atoms with van der Waals surface area (Å²) in [7, 11) is 0. The molecule has 0 atom stereocenters. The van der Waals surface area contributed by atoms with Crippen LogP contribution in [0.5, 0.6) is 0 Å². The van der Waals surface area contributed by atoms with Gasteiger partial charge in [0.2, 0.25) is 5.91 Å². The third kappa shape index (κ3) is 6.56. The van der Waals surface area contributed by atoms with E-state index in [0.717, 1.165) is 24.0 Å². The third-order valence-corrected chi connectivity index (χ3v) is 4.21. The Kier molecular flexibility index (Phi) is 7.73. The zero-order valence-electron chi connectivity index (χ0n) is 15.3. The van der Waals surface area contributed by atoms with Crippen LogP contribution in [0.2, 0.25) is 0 Å². The van der Waals surface area contributed by atoms with Crippen LogP contribution in [0.1, 0.15) is 43.7 Å². The van der Waals surface area contributed by atoms with Crippen LogP contribution in [-0.4, -0.2) is 25.0 Å². The first-order valence-corrected chi connectivity index (χ1v) is 8.96. The van der Waals surface area contributed by atoms with Gasteiger partial charge >= 0.3 is 0 Å². The van der Waals surface area contributed by atoms with E-state index in [9.17, 15) is 13.6 Å². The van der Waals surface area contributed by atoms with Crippen LogP contribution in [0.3, 0.4) is 0 Å². The summed E-state index contributed by atoms with van der Waals surface area (Å²) in [5.41, 5.74) is 1.96. The van der Waals surface area contributed by atoms with Gasteiger partial charge in [0, 0.05) is 18.5 Å². The summed E-state index contributed by atoms with van der Waals surface area (Å²) in [6.07, 6.45) is 1.54. The Bertz CT molecular complexity index is 639. The molecule has 0 bridgehead atoms. The number of rotatable bonds is 9. The molecule has 0 aliphatic rings. The van der Waals surface area contributed by atoms with Gasteiger partial charge in [-0.15, -0.1) is 0 Å². The van der Waals surface area contributed by atoms with Gasteiger partial charge in [-0.3, -0.25) is 4.79 Å². The molecule has 0 aliphatic carbocycles. The second kappa shape index (κ2) is 10.0. The predicted molar refractivity (Wildman–Crippen MR) is 100 cm³/mol. The lowest BCUT2D eigenvalue weighted by Gasteiger charge is -2.18. The van der Waals surface area contributed by atoms with Gasteiger partial charge in [-0.1, -0.05) is 38.1 Å². The second-order valence-electron chi connectivity index (χ2n) is 6.68. The Morgan fingerprint density at radius 1 is 0.923 bits per heavy atom. The van der Waals surface area contributed by atoms with Crippen molar-refractivity contribution in [3.05, 3.63) is 71.3 Å². The fraction of sp³-hybridized carbons (Fsp3) is 0.381. The van der Waals surface area contributed by atoms with E-state index in [1.54, 1.807) is 24.3 Å². The first kappa shape index (κ1) is 20.0. The number of carbonyl (C=O) groups excluding carboxylic acids is 1. The van der Waals surface area contributed by atoms with E-state index in [4.69, 9.17) is 0 Å². The van der Waals surface area contributed by atoms with Crippen LogP contribution < -0.4 is 10.6 Å². The van der Waals surface area contributed by atoms with Gasteiger partial charge in [0.05, 0.1) is 6.54 Å². The Hall–Kier alpha value is -2.27. The molecule has 2 aromatic carbocycles. The van der Waals surface area contributed by atoms with Crippen molar-refractivity contribution in [2.45, 2.75) is 38.6 Å². The van der Waals surface area contributed by atoms with Crippen LogP contribution in [-0.2, 0) is 4.79 Å². The molecule has 5 heteroatoms. The molecule has 0 fully saturated rings. The molecule has 26 heavy (non-hydrogen) atoms. The molecule has 1 amide bonds. The van der Waals surface area contributed by atoms with Crippen molar-refractivity contribution in [2.75, 3.05) is 13.1 Å². The number of nitrogens with one attached hydrogen (secondary N) is 2. The number of carbonyl (C=O) groups is 1. The first-order valence-electron chi connectivity index (χ1n) is 8.96. The second-order valence-corrected chi connectivity index (χ2v) is 6.68. The van der Waals surface area contributed by atoms with Gasteiger partial charge in [0.1, 0.15) is 11.6 Å². The van der Waals surface area contributed by atoms with E-state index in [0.29, 0.717) is 13.1 Å². The van der Waals surface area contributed by atoms with Crippen molar-refractivity contribution in [3.63, 3.8) is 0 Å².